The van der Waals surface area contributed by atoms with E-state index in [4.69, 9.17) is 4.74 Å². The second-order valence-corrected chi connectivity index (χ2v) is 5.72. The smallest absolute Gasteiger partial charge is 0.124 e. The summed E-state index contributed by atoms with van der Waals surface area (Å²) in [4.78, 5) is 0. The number of nitrogens with one attached hydrogen (secondary N) is 1. The van der Waals surface area contributed by atoms with Crippen molar-refractivity contribution in [3.8, 4) is 5.75 Å². The number of ether oxygens (including phenoxy) is 1. The number of hydrogen-bond acceptors (Lipinski definition) is 2. The zero-order chi connectivity index (χ0) is 14.1. The topological polar surface area (TPSA) is 21.3 Å². The van der Waals surface area contributed by atoms with Crippen LogP contribution in [0.25, 0.3) is 0 Å². The maximum atomic E-state index is 5.74. The van der Waals surface area contributed by atoms with Crippen molar-refractivity contribution >= 4 is 15.9 Å². The van der Waals surface area contributed by atoms with Gasteiger partial charge in [0.15, 0.2) is 0 Å². The van der Waals surface area contributed by atoms with E-state index < -0.39 is 0 Å². The summed E-state index contributed by atoms with van der Waals surface area (Å²) in [5.74, 6) is 1.00. The van der Waals surface area contributed by atoms with Gasteiger partial charge in [0, 0.05) is 16.1 Å². The van der Waals surface area contributed by atoms with Crippen molar-refractivity contribution in [1.82, 2.24) is 5.32 Å². The van der Waals surface area contributed by atoms with E-state index in [1.807, 2.05) is 20.0 Å². The lowest BCUT2D eigenvalue weighted by atomic mass is 9.99. The molecular weight excluding hydrogens is 302 g/mol. The standard InChI is InChI=1S/C16H26BrNO/c1-4-6-7-8-9-15(18-3)14-12-13(17)10-11-16(14)19-5-2/h10-12,15,18H,4-9H2,1-3H3. The first-order valence-corrected chi connectivity index (χ1v) is 8.11. The minimum absolute atomic E-state index is 0.371. The molecule has 0 fully saturated rings. The van der Waals surface area contributed by atoms with Gasteiger partial charge in [0.25, 0.3) is 0 Å². The highest BCUT2D eigenvalue weighted by Crippen LogP contribution is 2.31. The van der Waals surface area contributed by atoms with Gasteiger partial charge in [-0.1, -0.05) is 48.5 Å². The Kier molecular flexibility index (Phi) is 8.15. The van der Waals surface area contributed by atoms with Gasteiger partial charge in [-0.2, -0.15) is 0 Å². The van der Waals surface area contributed by atoms with Crippen LogP contribution in [0.3, 0.4) is 0 Å². The molecule has 0 aromatic heterocycles. The van der Waals surface area contributed by atoms with Crippen LogP contribution in [0.4, 0.5) is 0 Å². The van der Waals surface area contributed by atoms with Gasteiger partial charge in [-0.25, -0.2) is 0 Å². The first kappa shape index (κ1) is 16.5. The van der Waals surface area contributed by atoms with Crippen LogP contribution in [0, 0.1) is 0 Å². The monoisotopic (exact) mass is 327 g/mol. The Hall–Kier alpha value is -0.540. The summed E-state index contributed by atoms with van der Waals surface area (Å²) in [6.45, 7) is 4.99. The molecule has 0 radical (unpaired) electrons. The third-order valence-corrected chi connectivity index (χ3v) is 3.84. The Morgan fingerprint density at radius 3 is 2.63 bits per heavy atom. The molecule has 0 heterocycles. The fraction of sp³-hybridized carbons (Fsp3) is 0.625. The minimum Gasteiger partial charge on any atom is -0.494 e. The van der Waals surface area contributed by atoms with Gasteiger partial charge in [-0.05, 0) is 38.6 Å². The first-order chi connectivity index (χ1) is 9.22. The lowest BCUT2D eigenvalue weighted by Crippen LogP contribution is -2.17. The van der Waals surface area contributed by atoms with Crippen molar-refractivity contribution in [2.45, 2.75) is 52.0 Å². The Balaban J connectivity index is 2.74. The normalized spacial score (nSPS) is 12.4. The molecule has 1 rings (SSSR count). The highest BCUT2D eigenvalue weighted by molar-refractivity contribution is 9.10. The molecule has 0 saturated carbocycles. The molecule has 19 heavy (non-hydrogen) atoms. The molecule has 0 amide bonds. The second-order valence-electron chi connectivity index (χ2n) is 4.81. The average Bonchev–Trinajstić information content (AvgIpc) is 2.41. The van der Waals surface area contributed by atoms with Crippen molar-refractivity contribution in [2.75, 3.05) is 13.7 Å². The molecule has 0 saturated heterocycles. The summed E-state index contributed by atoms with van der Waals surface area (Å²) in [5.41, 5.74) is 1.26. The molecule has 2 nitrogen and oxygen atoms in total. The molecule has 108 valence electrons. The Labute approximate surface area is 126 Å². The van der Waals surface area contributed by atoms with E-state index in [-0.39, 0.29) is 0 Å². The number of unbranched alkanes of at least 4 members (excludes halogenated alkanes) is 3. The lowest BCUT2D eigenvalue weighted by molar-refractivity contribution is 0.330. The van der Waals surface area contributed by atoms with E-state index in [2.05, 4.69) is 40.3 Å². The van der Waals surface area contributed by atoms with Crippen molar-refractivity contribution < 1.29 is 4.74 Å². The predicted octanol–water partition coefficient (Wildman–Crippen LogP) is 5.08. The maximum Gasteiger partial charge on any atom is 0.124 e. The maximum absolute atomic E-state index is 5.74. The van der Waals surface area contributed by atoms with Gasteiger partial charge < -0.3 is 10.1 Å². The van der Waals surface area contributed by atoms with Gasteiger partial charge in [-0.3, -0.25) is 0 Å². The van der Waals surface area contributed by atoms with Gasteiger partial charge in [-0.15, -0.1) is 0 Å². The quantitative estimate of drug-likeness (QED) is 0.638. The predicted molar refractivity (Wildman–Crippen MR) is 85.9 cm³/mol. The minimum atomic E-state index is 0.371. The van der Waals surface area contributed by atoms with Crippen LogP contribution >= 0.6 is 15.9 Å². The van der Waals surface area contributed by atoms with E-state index in [0.29, 0.717) is 12.6 Å². The van der Waals surface area contributed by atoms with Crippen LogP contribution in [0.5, 0.6) is 5.75 Å². The lowest BCUT2D eigenvalue weighted by Gasteiger charge is -2.20. The van der Waals surface area contributed by atoms with Crippen molar-refractivity contribution in [3.63, 3.8) is 0 Å². The molecule has 1 atom stereocenters. The number of rotatable bonds is 9. The molecule has 0 spiro atoms. The highest BCUT2D eigenvalue weighted by Gasteiger charge is 2.14. The van der Waals surface area contributed by atoms with E-state index >= 15 is 0 Å². The van der Waals surface area contributed by atoms with E-state index in [1.54, 1.807) is 0 Å². The molecule has 1 aromatic rings. The zero-order valence-electron chi connectivity index (χ0n) is 12.3. The van der Waals surface area contributed by atoms with Crippen LogP contribution in [-0.2, 0) is 0 Å². The van der Waals surface area contributed by atoms with Gasteiger partial charge in [0.2, 0.25) is 0 Å². The number of halogens is 1. The fourth-order valence-corrected chi connectivity index (χ4v) is 2.69. The fourth-order valence-electron chi connectivity index (χ4n) is 2.31. The van der Waals surface area contributed by atoms with Crippen LogP contribution in [0.1, 0.15) is 57.6 Å². The second kappa shape index (κ2) is 9.38. The molecule has 1 N–H and O–H groups in total. The highest BCUT2D eigenvalue weighted by atomic mass is 79.9. The van der Waals surface area contributed by atoms with Crippen LogP contribution in [0.2, 0.25) is 0 Å². The Morgan fingerprint density at radius 1 is 1.21 bits per heavy atom. The van der Waals surface area contributed by atoms with Crippen molar-refractivity contribution in [1.29, 1.82) is 0 Å². The Morgan fingerprint density at radius 2 is 2.00 bits per heavy atom. The molecule has 0 aliphatic carbocycles. The van der Waals surface area contributed by atoms with Crippen molar-refractivity contribution in [3.05, 3.63) is 28.2 Å². The van der Waals surface area contributed by atoms with Crippen LogP contribution < -0.4 is 10.1 Å². The van der Waals surface area contributed by atoms with E-state index in [0.717, 1.165) is 16.6 Å². The van der Waals surface area contributed by atoms with Crippen molar-refractivity contribution in [2.24, 2.45) is 0 Å². The van der Waals surface area contributed by atoms with E-state index in [9.17, 15) is 0 Å². The molecule has 3 heteroatoms. The zero-order valence-corrected chi connectivity index (χ0v) is 13.9. The summed E-state index contributed by atoms with van der Waals surface area (Å²) < 4.78 is 6.85. The third kappa shape index (κ3) is 5.53. The molecule has 0 aliphatic heterocycles. The molecular formula is C16H26BrNO. The molecule has 1 aromatic carbocycles. The first-order valence-electron chi connectivity index (χ1n) is 7.32. The largest absolute Gasteiger partial charge is 0.494 e. The summed E-state index contributed by atoms with van der Waals surface area (Å²) in [7, 11) is 2.03. The Bertz CT molecular complexity index is 368. The third-order valence-electron chi connectivity index (χ3n) is 3.34. The SMILES string of the molecule is CCCCCCC(NC)c1cc(Br)ccc1OCC. The van der Waals surface area contributed by atoms with E-state index in [1.165, 1.54) is 31.2 Å². The summed E-state index contributed by atoms with van der Waals surface area (Å²) in [6, 6.07) is 6.64. The van der Waals surface area contributed by atoms with Crippen LogP contribution in [0.15, 0.2) is 22.7 Å². The average molecular weight is 328 g/mol. The van der Waals surface area contributed by atoms with Gasteiger partial charge >= 0.3 is 0 Å². The molecule has 0 bridgehead atoms. The summed E-state index contributed by atoms with van der Waals surface area (Å²) in [5, 5.41) is 3.42. The number of benzene rings is 1. The van der Waals surface area contributed by atoms with Gasteiger partial charge in [0.05, 0.1) is 6.61 Å². The summed E-state index contributed by atoms with van der Waals surface area (Å²) >= 11 is 3.55. The molecule has 0 aliphatic rings. The number of hydrogen-bond donors (Lipinski definition) is 1. The summed E-state index contributed by atoms with van der Waals surface area (Å²) in [6.07, 6.45) is 6.34. The van der Waals surface area contributed by atoms with Crippen LogP contribution in [-0.4, -0.2) is 13.7 Å². The van der Waals surface area contributed by atoms with Gasteiger partial charge in [0.1, 0.15) is 5.75 Å². The molecule has 1 unspecified atom stereocenters.